The van der Waals surface area contributed by atoms with Crippen LogP contribution in [0.4, 0.5) is 0 Å². The van der Waals surface area contributed by atoms with Gasteiger partial charge < -0.3 is 14.5 Å². The van der Waals surface area contributed by atoms with Gasteiger partial charge in [0.15, 0.2) is 0 Å². The van der Waals surface area contributed by atoms with E-state index < -0.39 is 0 Å². The number of nitrogens with zero attached hydrogens (tertiary/aromatic N) is 5. The first-order valence-corrected chi connectivity index (χ1v) is 6.58. The van der Waals surface area contributed by atoms with Crippen molar-refractivity contribution in [2.45, 2.75) is 25.2 Å². The van der Waals surface area contributed by atoms with Crippen LogP contribution < -0.4 is 0 Å². The van der Waals surface area contributed by atoms with Crippen LogP contribution in [0.5, 0.6) is 0 Å². The van der Waals surface area contributed by atoms with E-state index in [0.717, 1.165) is 18.7 Å². The van der Waals surface area contributed by atoms with E-state index in [2.05, 4.69) is 10.3 Å². The first-order chi connectivity index (χ1) is 9.15. The smallest absolute Gasteiger partial charge is 0.236 e. The number of ether oxygens (including phenoxy) is 1. The minimum atomic E-state index is 0.0362. The van der Waals surface area contributed by atoms with Crippen LogP contribution in [0.3, 0.4) is 0 Å². The van der Waals surface area contributed by atoms with Gasteiger partial charge in [0.25, 0.3) is 0 Å². The predicted molar refractivity (Wildman–Crippen MR) is 67.4 cm³/mol. The lowest BCUT2D eigenvalue weighted by Crippen LogP contribution is -2.52. The van der Waals surface area contributed by atoms with Crippen molar-refractivity contribution in [2.75, 3.05) is 33.7 Å². The second kappa shape index (κ2) is 4.90. The van der Waals surface area contributed by atoms with Crippen molar-refractivity contribution in [1.82, 2.24) is 24.8 Å². The van der Waals surface area contributed by atoms with Crippen LogP contribution >= 0.6 is 0 Å². The molecule has 0 bridgehead atoms. The molecular formula is C12H19N5O2. The average Bonchev–Trinajstić information content (AvgIpc) is 2.85. The maximum atomic E-state index is 12.1. The lowest BCUT2D eigenvalue weighted by Gasteiger charge is -2.41. The molecule has 0 aromatic carbocycles. The van der Waals surface area contributed by atoms with Crippen LogP contribution in [-0.2, 0) is 16.1 Å². The molecule has 0 radical (unpaired) electrons. The number of carbonyl (C=O) groups excluding carboxylic acids is 1. The standard InChI is InChI=1S/C12H19N5O2/c1-15(2)7-12(18)16-4-3-10-11(6-16)19-8-9-5-13-14-17(9)10/h5,10-11H,3-4,6-8H2,1-2H3/t10-,11-/m1/s1. The Morgan fingerprint density at radius 3 is 3.21 bits per heavy atom. The number of hydrogen-bond acceptors (Lipinski definition) is 5. The number of hydrogen-bond donors (Lipinski definition) is 0. The predicted octanol–water partition coefficient (Wildman–Crippen LogP) is -0.488. The summed E-state index contributed by atoms with van der Waals surface area (Å²) in [4.78, 5) is 15.9. The Hall–Kier alpha value is -1.47. The molecule has 19 heavy (non-hydrogen) atoms. The maximum Gasteiger partial charge on any atom is 0.236 e. The molecule has 2 aliphatic heterocycles. The largest absolute Gasteiger partial charge is 0.368 e. The lowest BCUT2D eigenvalue weighted by molar-refractivity contribution is -0.140. The molecule has 1 amide bonds. The normalized spacial score (nSPS) is 26.2. The highest BCUT2D eigenvalue weighted by Gasteiger charge is 2.37. The Labute approximate surface area is 112 Å². The van der Waals surface area contributed by atoms with E-state index in [1.165, 1.54) is 0 Å². The van der Waals surface area contributed by atoms with Gasteiger partial charge in [-0.05, 0) is 20.5 Å². The fourth-order valence-electron chi connectivity index (χ4n) is 2.78. The van der Waals surface area contributed by atoms with Crippen molar-refractivity contribution in [3.8, 4) is 0 Å². The Morgan fingerprint density at radius 1 is 1.58 bits per heavy atom. The highest BCUT2D eigenvalue weighted by atomic mass is 16.5. The summed E-state index contributed by atoms with van der Waals surface area (Å²) in [6.07, 6.45) is 2.66. The molecule has 2 aliphatic rings. The van der Waals surface area contributed by atoms with Gasteiger partial charge in [0.2, 0.25) is 5.91 Å². The molecule has 0 N–H and O–H groups in total. The molecule has 3 rings (SSSR count). The highest BCUT2D eigenvalue weighted by Crippen LogP contribution is 2.30. The van der Waals surface area contributed by atoms with E-state index in [-0.39, 0.29) is 18.1 Å². The number of amides is 1. The summed E-state index contributed by atoms with van der Waals surface area (Å²) in [5.41, 5.74) is 1.02. The molecule has 3 heterocycles. The second-order valence-corrected chi connectivity index (χ2v) is 5.45. The molecule has 104 valence electrons. The first kappa shape index (κ1) is 12.6. The maximum absolute atomic E-state index is 12.1. The Balaban J connectivity index is 1.68. The summed E-state index contributed by atoms with van der Waals surface area (Å²) in [6, 6.07) is 0.217. The number of likely N-dealkylation sites (N-methyl/N-ethyl adjacent to an activating group) is 1. The molecule has 7 heteroatoms. The molecule has 0 saturated carbocycles. The fraction of sp³-hybridized carbons (Fsp3) is 0.750. The summed E-state index contributed by atoms with van der Waals surface area (Å²) in [5, 5.41) is 8.07. The number of fused-ring (bicyclic) bond motifs is 3. The third-order valence-corrected chi connectivity index (χ3v) is 3.74. The third kappa shape index (κ3) is 2.35. The molecule has 1 aromatic heterocycles. The van der Waals surface area contributed by atoms with Crippen LogP contribution in [0.15, 0.2) is 6.20 Å². The Morgan fingerprint density at radius 2 is 2.42 bits per heavy atom. The van der Waals surface area contributed by atoms with Crippen LogP contribution in [0.1, 0.15) is 18.2 Å². The third-order valence-electron chi connectivity index (χ3n) is 3.74. The van der Waals surface area contributed by atoms with Crippen LogP contribution in [-0.4, -0.2) is 70.5 Å². The van der Waals surface area contributed by atoms with Crippen LogP contribution in [0.2, 0.25) is 0 Å². The van der Waals surface area contributed by atoms with Crippen molar-refractivity contribution in [3.05, 3.63) is 11.9 Å². The molecule has 0 aliphatic carbocycles. The van der Waals surface area contributed by atoms with Gasteiger partial charge in [-0.1, -0.05) is 5.21 Å². The number of carbonyl (C=O) groups is 1. The quantitative estimate of drug-likeness (QED) is 0.722. The topological polar surface area (TPSA) is 63.5 Å². The summed E-state index contributed by atoms with van der Waals surface area (Å²) in [6.45, 7) is 2.39. The van der Waals surface area contributed by atoms with E-state index in [1.807, 2.05) is 28.6 Å². The minimum Gasteiger partial charge on any atom is -0.368 e. The monoisotopic (exact) mass is 265 g/mol. The van der Waals surface area contributed by atoms with Crippen molar-refractivity contribution < 1.29 is 9.53 Å². The minimum absolute atomic E-state index is 0.0362. The molecule has 0 unspecified atom stereocenters. The van der Waals surface area contributed by atoms with Gasteiger partial charge in [-0.15, -0.1) is 5.10 Å². The Kier molecular flexibility index (Phi) is 3.24. The first-order valence-electron chi connectivity index (χ1n) is 6.58. The molecule has 1 saturated heterocycles. The van der Waals surface area contributed by atoms with Gasteiger partial charge in [-0.3, -0.25) is 4.79 Å². The van der Waals surface area contributed by atoms with E-state index in [4.69, 9.17) is 4.74 Å². The van der Waals surface area contributed by atoms with E-state index in [1.54, 1.807) is 6.20 Å². The zero-order valence-corrected chi connectivity index (χ0v) is 11.3. The van der Waals surface area contributed by atoms with Crippen molar-refractivity contribution in [3.63, 3.8) is 0 Å². The average molecular weight is 265 g/mol. The molecule has 2 atom stereocenters. The molecule has 1 fully saturated rings. The van der Waals surface area contributed by atoms with Gasteiger partial charge in [0.05, 0.1) is 37.2 Å². The zero-order chi connectivity index (χ0) is 13.4. The van der Waals surface area contributed by atoms with Gasteiger partial charge in [-0.2, -0.15) is 0 Å². The molecule has 0 spiro atoms. The van der Waals surface area contributed by atoms with Crippen LogP contribution in [0, 0.1) is 0 Å². The SMILES string of the molecule is CN(C)CC(=O)N1CC[C@@H]2[C@@H](C1)OCc1cnnn12. The highest BCUT2D eigenvalue weighted by molar-refractivity contribution is 5.78. The molecule has 1 aromatic rings. The summed E-state index contributed by atoms with van der Waals surface area (Å²) in [5.74, 6) is 0.163. The molecular weight excluding hydrogens is 246 g/mol. The fourth-order valence-corrected chi connectivity index (χ4v) is 2.78. The lowest BCUT2D eigenvalue weighted by atomic mass is 10.00. The summed E-state index contributed by atoms with van der Waals surface area (Å²) >= 11 is 0. The summed E-state index contributed by atoms with van der Waals surface area (Å²) in [7, 11) is 3.81. The number of rotatable bonds is 2. The van der Waals surface area contributed by atoms with Crippen molar-refractivity contribution in [1.29, 1.82) is 0 Å². The second-order valence-electron chi connectivity index (χ2n) is 5.45. The number of likely N-dealkylation sites (tertiary alicyclic amines) is 1. The number of aromatic nitrogens is 3. The van der Waals surface area contributed by atoms with Crippen molar-refractivity contribution in [2.24, 2.45) is 0 Å². The van der Waals surface area contributed by atoms with Gasteiger partial charge in [0.1, 0.15) is 0 Å². The number of piperidine rings is 1. The van der Waals surface area contributed by atoms with Gasteiger partial charge in [-0.25, -0.2) is 4.68 Å². The van der Waals surface area contributed by atoms with E-state index in [0.29, 0.717) is 19.7 Å². The molecule has 7 nitrogen and oxygen atoms in total. The van der Waals surface area contributed by atoms with E-state index in [9.17, 15) is 4.79 Å². The zero-order valence-electron chi connectivity index (χ0n) is 11.3. The van der Waals surface area contributed by atoms with Crippen LogP contribution in [0.25, 0.3) is 0 Å². The van der Waals surface area contributed by atoms with E-state index >= 15 is 0 Å². The van der Waals surface area contributed by atoms with Gasteiger partial charge in [0, 0.05) is 13.1 Å². The Bertz CT molecular complexity index is 472. The summed E-state index contributed by atoms with van der Waals surface area (Å²) < 4.78 is 7.80. The van der Waals surface area contributed by atoms with Gasteiger partial charge >= 0.3 is 0 Å². The van der Waals surface area contributed by atoms with Crippen molar-refractivity contribution >= 4 is 5.91 Å².